The predicted octanol–water partition coefficient (Wildman–Crippen LogP) is 3.12. The van der Waals surface area contributed by atoms with E-state index < -0.39 is 21.8 Å². The molecule has 0 saturated heterocycles. The molecule has 7 heteroatoms. The van der Waals surface area contributed by atoms with Gasteiger partial charge in [-0.1, -0.05) is 6.92 Å². The monoisotopic (exact) mass is 361 g/mol. The first-order valence-electron chi connectivity index (χ1n) is 7.63. The maximum absolute atomic E-state index is 13.6. The molecule has 0 bridgehead atoms. The minimum absolute atomic E-state index is 0.0728. The van der Waals surface area contributed by atoms with Crippen LogP contribution >= 0.6 is 0 Å². The molecule has 2 atom stereocenters. The van der Waals surface area contributed by atoms with E-state index in [1.54, 1.807) is 0 Å². The molecule has 2 unspecified atom stereocenters. The van der Waals surface area contributed by atoms with Crippen molar-refractivity contribution in [3.8, 4) is 17.6 Å². The van der Waals surface area contributed by atoms with Crippen molar-refractivity contribution in [1.82, 2.24) is 0 Å². The molecule has 0 fully saturated rings. The smallest absolute Gasteiger partial charge is 0.175 e. The average Bonchev–Trinajstić information content (AvgIpc) is 2.82. The Morgan fingerprint density at radius 3 is 2.68 bits per heavy atom. The number of benzene rings is 2. The van der Waals surface area contributed by atoms with Crippen molar-refractivity contribution in [3.63, 3.8) is 0 Å². The highest BCUT2D eigenvalue weighted by Gasteiger charge is 2.35. The summed E-state index contributed by atoms with van der Waals surface area (Å²) in [6.45, 7) is 1.82. The molecule has 0 radical (unpaired) electrons. The van der Waals surface area contributed by atoms with Gasteiger partial charge in [-0.3, -0.25) is 0 Å². The van der Waals surface area contributed by atoms with Crippen molar-refractivity contribution in [3.05, 3.63) is 52.8 Å². The fraction of sp³-hybridized carbons (Fsp3) is 0.278. The molecule has 25 heavy (non-hydrogen) atoms. The van der Waals surface area contributed by atoms with E-state index in [0.29, 0.717) is 23.3 Å². The summed E-state index contributed by atoms with van der Waals surface area (Å²) >= 11 is 0. The van der Waals surface area contributed by atoms with Crippen LogP contribution in [-0.4, -0.2) is 19.8 Å². The van der Waals surface area contributed by atoms with Gasteiger partial charge in [0.2, 0.25) is 0 Å². The maximum Gasteiger partial charge on any atom is 0.175 e. The van der Waals surface area contributed by atoms with E-state index in [1.807, 2.05) is 13.0 Å². The molecule has 5 nitrogen and oxygen atoms in total. The van der Waals surface area contributed by atoms with Crippen molar-refractivity contribution in [2.45, 2.75) is 24.3 Å². The first-order valence-corrected chi connectivity index (χ1v) is 9.52. The number of sulfone groups is 1. The van der Waals surface area contributed by atoms with Crippen LogP contribution in [0.25, 0.3) is 0 Å². The highest BCUT2D eigenvalue weighted by molar-refractivity contribution is 7.90. The predicted molar refractivity (Wildman–Crippen MR) is 88.6 cm³/mol. The third-order valence-corrected chi connectivity index (χ3v) is 5.42. The van der Waals surface area contributed by atoms with Crippen molar-refractivity contribution >= 4 is 9.84 Å². The van der Waals surface area contributed by atoms with E-state index in [2.05, 4.69) is 0 Å². The normalized spacial score (nSPS) is 19.3. The van der Waals surface area contributed by atoms with E-state index >= 15 is 0 Å². The van der Waals surface area contributed by atoms with Gasteiger partial charge in [-0.15, -0.1) is 0 Å². The molecule has 0 aromatic heterocycles. The second kappa shape index (κ2) is 6.14. The third kappa shape index (κ3) is 3.23. The number of fused-ring (bicyclic) bond motifs is 1. The fourth-order valence-electron chi connectivity index (χ4n) is 3.11. The van der Waals surface area contributed by atoms with E-state index in [1.165, 1.54) is 18.2 Å². The zero-order valence-corrected chi connectivity index (χ0v) is 14.5. The molecular formula is C18H16FNO4S. The minimum Gasteiger partial charge on any atom is -0.457 e. The Morgan fingerprint density at radius 2 is 2.04 bits per heavy atom. The standard InChI is InChI=1S/C18H16FNO4S/c1-10-5-14-15(24-13-7-11(9-20)6-12(19)8-13)3-4-16(25(2,22)23)17(14)18(10)21/h3-4,6-8,10,18,21H,5H2,1-2H3. The topological polar surface area (TPSA) is 87.4 Å². The van der Waals surface area contributed by atoms with Crippen molar-refractivity contribution in [2.24, 2.45) is 5.92 Å². The third-order valence-electron chi connectivity index (χ3n) is 4.26. The van der Waals surface area contributed by atoms with Gasteiger partial charge in [0.1, 0.15) is 17.3 Å². The van der Waals surface area contributed by atoms with Crippen LogP contribution in [-0.2, 0) is 16.3 Å². The summed E-state index contributed by atoms with van der Waals surface area (Å²) in [6.07, 6.45) is 0.616. The summed E-state index contributed by atoms with van der Waals surface area (Å²) in [6, 6.07) is 8.37. The molecule has 130 valence electrons. The number of hydrogen-bond donors (Lipinski definition) is 1. The lowest BCUT2D eigenvalue weighted by atomic mass is 10.1. The molecule has 3 rings (SSSR count). The molecule has 0 aliphatic heterocycles. The van der Waals surface area contributed by atoms with Gasteiger partial charge < -0.3 is 9.84 Å². The zero-order chi connectivity index (χ0) is 18.4. The summed E-state index contributed by atoms with van der Waals surface area (Å²) in [5.41, 5.74) is 1.04. The lowest BCUT2D eigenvalue weighted by Gasteiger charge is -2.15. The highest BCUT2D eigenvalue weighted by atomic mass is 32.2. The molecule has 2 aromatic rings. The van der Waals surface area contributed by atoms with Gasteiger partial charge >= 0.3 is 0 Å². The second-order valence-corrected chi connectivity index (χ2v) is 8.23. The summed E-state index contributed by atoms with van der Waals surface area (Å²) in [4.78, 5) is 0.0728. The number of hydrogen-bond acceptors (Lipinski definition) is 5. The van der Waals surface area contributed by atoms with Crippen molar-refractivity contribution in [1.29, 1.82) is 5.26 Å². The molecule has 1 aliphatic carbocycles. The SMILES string of the molecule is CC1Cc2c(Oc3cc(F)cc(C#N)c3)ccc(S(C)(=O)=O)c2C1O. The number of aliphatic hydroxyl groups excluding tert-OH is 1. The summed E-state index contributed by atoms with van der Waals surface area (Å²) in [5.74, 6) is -0.283. The first kappa shape index (κ1) is 17.4. The Bertz CT molecular complexity index is 995. The number of halogens is 1. The highest BCUT2D eigenvalue weighted by Crippen LogP contribution is 2.45. The van der Waals surface area contributed by atoms with Crippen LogP contribution in [0.5, 0.6) is 11.5 Å². The van der Waals surface area contributed by atoms with Gasteiger partial charge in [-0.2, -0.15) is 5.26 Å². The van der Waals surface area contributed by atoms with E-state index in [-0.39, 0.29) is 22.1 Å². The maximum atomic E-state index is 13.6. The lowest BCUT2D eigenvalue weighted by molar-refractivity contribution is 0.130. The van der Waals surface area contributed by atoms with Crippen LogP contribution in [0, 0.1) is 23.1 Å². The number of nitrogens with zero attached hydrogens (tertiary/aromatic N) is 1. The minimum atomic E-state index is -3.51. The Morgan fingerprint density at radius 1 is 1.32 bits per heavy atom. The van der Waals surface area contributed by atoms with Crippen LogP contribution < -0.4 is 4.74 Å². The summed E-state index contributed by atoms with van der Waals surface area (Å²) in [5, 5.41) is 19.3. The Kier molecular flexibility index (Phi) is 4.27. The number of nitriles is 1. The van der Waals surface area contributed by atoms with E-state index in [4.69, 9.17) is 10.00 Å². The van der Waals surface area contributed by atoms with Gasteiger partial charge in [0.15, 0.2) is 9.84 Å². The Hall–Kier alpha value is -2.43. The molecule has 0 heterocycles. The lowest BCUT2D eigenvalue weighted by Crippen LogP contribution is -2.08. The van der Waals surface area contributed by atoms with E-state index in [0.717, 1.165) is 18.4 Å². The van der Waals surface area contributed by atoms with Gasteiger partial charge in [0.05, 0.1) is 22.6 Å². The van der Waals surface area contributed by atoms with Gasteiger partial charge in [0, 0.05) is 23.4 Å². The molecule has 0 saturated carbocycles. The molecule has 0 amide bonds. The molecule has 2 aromatic carbocycles. The fourth-order valence-corrected chi connectivity index (χ4v) is 4.07. The molecule has 1 N–H and O–H groups in total. The molecule has 0 spiro atoms. The van der Waals surface area contributed by atoms with Crippen molar-refractivity contribution < 1.29 is 22.7 Å². The van der Waals surface area contributed by atoms with Crippen LogP contribution in [0.3, 0.4) is 0 Å². The quantitative estimate of drug-likeness (QED) is 0.907. The van der Waals surface area contributed by atoms with Crippen molar-refractivity contribution in [2.75, 3.05) is 6.26 Å². The second-order valence-electron chi connectivity index (χ2n) is 6.24. The Balaban J connectivity index is 2.11. The van der Waals surface area contributed by atoms with Crippen LogP contribution in [0.2, 0.25) is 0 Å². The molecular weight excluding hydrogens is 345 g/mol. The Labute approximate surface area is 145 Å². The van der Waals surface area contributed by atoms with E-state index in [9.17, 15) is 17.9 Å². The largest absolute Gasteiger partial charge is 0.457 e. The van der Waals surface area contributed by atoms with Gasteiger partial charge in [0.25, 0.3) is 0 Å². The summed E-state index contributed by atoms with van der Waals surface area (Å²) < 4.78 is 43.3. The zero-order valence-electron chi connectivity index (χ0n) is 13.7. The number of aliphatic hydroxyl groups is 1. The van der Waals surface area contributed by atoms with Crippen LogP contribution in [0.4, 0.5) is 4.39 Å². The average molecular weight is 361 g/mol. The molecule has 1 aliphatic rings. The number of rotatable bonds is 3. The van der Waals surface area contributed by atoms with Crippen LogP contribution in [0.1, 0.15) is 29.7 Å². The van der Waals surface area contributed by atoms with Crippen LogP contribution in [0.15, 0.2) is 35.2 Å². The van der Waals surface area contributed by atoms with Gasteiger partial charge in [-0.05, 0) is 36.6 Å². The number of ether oxygens (including phenoxy) is 1. The van der Waals surface area contributed by atoms with Gasteiger partial charge in [-0.25, -0.2) is 12.8 Å². The first-order chi connectivity index (χ1) is 11.7. The summed E-state index contributed by atoms with van der Waals surface area (Å²) in [7, 11) is -3.51.